The normalized spacial score (nSPS) is 10.0. The van der Waals surface area contributed by atoms with E-state index in [9.17, 15) is 0 Å². The van der Waals surface area contributed by atoms with Crippen LogP contribution in [0.2, 0.25) is 0 Å². The van der Waals surface area contributed by atoms with Crippen molar-refractivity contribution < 1.29 is 0 Å². The smallest absolute Gasteiger partial charge is 0.0172 e. The van der Waals surface area contributed by atoms with Crippen LogP contribution in [0.4, 0.5) is 0 Å². The zero-order valence-electron chi connectivity index (χ0n) is 12.8. The van der Waals surface area contributed by atoms with Crippen LogP contribution in [-0.4, -0.2) is 24.5 Å². The Balaban J connectivity index is 0.00000220. The maximum Gasteiger partial charge on any atom is 0.0172 e. The van der Waals surface area contributed by atoms with E-state index in [4.69, 9.17) is 0 Å². The molecule has 112 valence electrons. The van der Waals surface area contributed by atoms with Gasteiger partial charge in [0.1, 0.15) is 0 Å². The molecular formula is C19H24ClN. The Bertz CT molecular complexity index is 489. The molecule has 2 heteroatoms. The first-order chi connectivity index (χ1) is 9.85. The van der Waals surface area contributed by atoms with Crippen LogP contribution < -0.4 is 0 Å². The second kappa shape index (κ2) is 9.38. The van der Waals surface area contributed by atoms with Crippen molar-refractivity contribution in [1.29, 1.82) is 0 Å². The maximum atomic E-state index is 2.42. The molecule has 0 spiro atoms. The molecule has 0 N–H and O–H groups in total. The van der Waals surface area contributed by atoms with Crippen molar-refractivity contribution >= 4 is 18.0 Å². The van der Waals surface area contributed by atoms with E-state index in [0.29, 0.717) is 0 Å². The Morgan fingerprint density at radius 2 is 1.24 bits per heavy atom. The summed E-state index contributed by atoms with van der Waals surface area (Å²) >= 11 is 0. The summed E-state index contributed by atoms with van der Waals surface area (Å²) in [5, 5.41) is 0. The topological polar surface area (TPSA) is 3.24 Å². The van der Waals surface area contributed by atoms with Gasteiger partial charge in [-0.25, -0.2) is 0 Å². The van der Waals surface area contributed by atoms with Crippen LogP contribution in [-0.2, 0) is 0 Å². The zero-order chi connectivity index (χ0) is 14.2. The molecular weight excluding hydrogens is 278 g/mol. The molecule has 2 aromatic carbocycles. The third kappa shape index (κ3) is 5.04. The molecule has 0 aliphatic heterocycles. The molecule has 0 amide bonds. The van der Waals surface area contributed by atoms with Gasteiger partial charge in [-0.2, -0.15) is 0 Å². The van der Waals surface area contributed by atoms with Gasteiger partial charge in [-0.15, -0.1) is 12.4 Å². The van der Waals surface area contributed by atoms with Gasteiger partial charge < -0.3 is 4.90 Å². The standard InChI is InChI=1S/C19H23N.ClH/c1-3-20(4-2)16-15-19(17-11-7-5-8-12-17)18-13-9-6-10-14-18;/h5-15H,3-4,16H2,1-2H3;1H. The maximum absolute atomic E-state index is 2.42. The number of rotatable bonds is 6. The van der Waals surface area contributed by atoms with E-state index in [-0.39, 0.29) is 12.4 Å². The molecule has 0 fully saturated rings. The van der Waals surface area contributed by atoms with Gasteiger partial charge in [-0.1, -0.05) is 80.6 Å². The van der Waals surface area contributed by atoms with Gasteiger partial charge in [-0.05, 0) is 29.8 Å². The lowest BCUT2D eigenvalue weighted by Crippen LogP contribution is -2.22. The van der Waals surface area contributed by atoms with Crippen molar-refractivity contribution in [2.24, 2.45) is 0 Å². The summed E-state index contributed by atoms with van der Waals surface area (Å²) in [6.45, 7) is 7.59. The molecule has 0 aliphatic rings. The molecule has 0 radical (unpaired) electrons. The van der Waals surface area contributed by atoms with Crippen LogP contribution >= 0.6 is 12.4 Å². The second-order valence-electron chi connectivity index (χ2n) is 4.84. The van der Waals surface area contributed by atoms with Crippen LogP contribution in [0.25, 0.3) is 5.57 Å². The van der Waals surface area contributed by atoms with Gasteiger partial charge in [-0.3, -0.25) is 0 Å². The van der Waals surface area contributed by atoms with E-state index in [1.165, 1.54) is 16.7 Å². The summed E-state index contributed by atoms with van der Waals surface area (Å²) in [7, 11) is 0. The molecule has 0 unspecified atom stereocenters. The molecule has 0 atom stereocenters. The van der Waals surface area contributed by atoms with E-state index in [1.54, 1.807) is 0 Å². The third-order valence-electron chi connectivity index (χ3n) is 3.62. The van der Waals surface area contributed by atoms with Crippen molar-refractivity contribution in [3.63, 3.8) is 0 Å². The second-order valence-corrected chi connectivity index (χ2v) is 4.84. The Morgan fingerprint density at radius 3 is 1.62 bits per heavy atom. The molecule has 0 heterocycles. The van der Waals surface area contributed by atoms with Crippen molar-refractivity contribution in [2.75, 3.05) is 19.6 Å². The highest BCUT2D eigenvalue weighted by Crippen LogP contribution is 2.22. The molecule has 2 aromatic rings. The first kappa shape index (κ1) is 17.5. The fraction of sp³-hybridized carbons (Fsp3) is 0.263. The molecule has 0 aliphatic carbocycles. The lowest BCUT2D eigenvalue weighted by atomic mass is 9.97. The molecule has 1 nitrogen and oxygen atoms in total. The molecule has 0 saturated carbocycles. The number of hydrogen-bond donors (Lipinski definition) is 0. The van der Waals surface area contributed by atoms with Crippen molar-refractivity contribution in [3.8, 4) is 0 Å². The predicted octanol–water partition coefficient (Wildman–Crippen LogP) is 4.88. The number of halogens is 1. The van der Waals surface area contributed by atoms with Crippen LogP contribution in [0.3, 0.4) is 0 Å². The molecule has 21 heavy (non-hydrogen) atoms. The first-order valence-electron chi connectivity index (χ1n) is 7.38. The van der Waals surface area contributed by atoms with Crippen LogP contribution in [0.5, 0.6) is 0 Å². The van der Waals surface area contributed by atoms with Crippen LogP contribution in [0, 0.1) is 0 Å². The van der Waals surface area contributed by atoms with E-state index in [1.807, 2.05) is 0 Å². The minimum absolute atomic E-state index is 0. The molecule has 0 bridgehead atoms. The van der Waals surface area contributed by atoms with Gasteiger partial charge in [0.2, 0.25) is 0 Å². The Labute approximate surface area is 134 Å². The van der Waals surface area contributed by atoms with Crippen molar-refractivity contribution in [3.05, 3.63) is 77.9 Å². The average molecular weight is 302 g/mol. The number of nitrogens with zero attached hydrogens (tertiary/aromatic N) is 1. The summed E-state index contributed by atoms with van der Waals surface area (Å²) in [4.78, 5) is 2.42. The fourth-order valence-corrected chi connectivity index (χ4v) is 2.34. The molecule has 0 saturated heterocycles. The minimum Gasteiger partial charge on any atom is -0.300 e. The van der Waals surface area contributed by atoms with E-state index < -0.39 is 0 Å². The Kier molecular flexibility index (Phi) is 7.81. The highest BCUT2D eigenvalue weighted by molar-refractivity contribution is 5.85. The van der Waals surface area contributed by atoms with Crippen LogP contribution in [0.15, 0.2) is 66.7 Å². The predicted molar refractivity (Wildman–Crippen MR) is 95.0 cm³/mol. The molecule has 2 rings (SSSR count). The summed E-state index contributed by atoms with van der Waals surface area (Å²) in [6, 6.07) is 21.3. The monoisotopic (exact) mass is 301 g/mol. The molecule has 0 aromatic heterocycles. The zero-order valence-corrected chi connectivity index (χ0v) is 13.6. The SMILES string of the molecule is CCN(CC)CC=C(c1ccccc1)c1ccccc1.Cl. The number of hydrogen-bond acceptors (Lipinski definition) is 1. The summed E-state index contributed by atoms with van der Waals surface area (Å²) in [5.41, 5.74) is 3.88. The van der Waals surface area contributed by atoms with Gasteiger partial charge in [0.15, 0.2) is 0 Å². The van der Waals surface area contributed by atoms with Crippen LogP contribution in [0.1, 0.15) is 25.0 Å². The first-order valence-corrected chi connectivity index (χ1v) is 7.38. The highest BCUT2D eigenvalue weighted by atomic mass is 35.5. The summed E-state index contributed by atoms with van der Waals surface area (Å²) < 4.78 is 0. The van der Waals surface area contributed by atoms with E-state index >= 15 is 0 Å². The lowest BCUT2D eigenvalue weighted by molar-refractivity contribution is 0.337. The lowest BCUT2D eigenvalue weighted by Gasteiger charge is -2.17. The van der Waals surface area contributed by atoms with Gasteiger partial charge in [0, 0.05) is 6.54 Å². The van der Waals surface area contributed by atoms with Crippen molar-refractivity contribution in [1.82, 2.24) is 4.90 Å². The van der Waals surface area contributed by atoms with Gasteiger partial charge >= 0.3 is 0 Å². The van der Waals surface area contributed by atoms with E-state index in [2.05, 4.69) is 85.5 Å². The quantitative estimate of drug-likeness (QED) is 0.735. The Hall–Kier alpha value is -1.57. The minimum atomic E-state index is 0. The number of benzene rings is 2. The van der Waals surface area contributed by atoms with E-state index in [0.717, 1.165) is 19.6 Å². The van der Waals surface area contributed by atoms with Gasteiger partial charge in [0.25, 0.3) is 0 Å². The largest absolute Gasteiger partial charge is 0.300 e. The Morgan fingerprint density at radius 1 is 0.810 bits per heavy atom. The summed E-state index contributed by atoms with van der Waals surface area (Å²) in [6.07, 6.45) is 2.34. The number of likely N-dealkylation sites (N-methyl/N-ethyl adjacent to an activating group) is 1. The summed E-state index contributed by atoms with van der Waals surface area (Å²) in [5.74, 6) is 0. The average Bonchev–Trinajstić information content (AvgIpc) is 2.53. The van der Waals surface area contributed by atoms with Crippen molar-refractivity contribution in [2.45, 2.75) is 13.8 Å². The fourth-order valence-electron chi connectivity index (χ4n) is 2.34. The highest BCUT2D eigenvalue weighted by Gasteiger charge is 2.05. The van der Waals surface area contributed by atoms with Gasteiger partial charge in [0.05, 0.1) is 0 Å². The third-order valence-corrected chi connectivity index (χ3v) is 3.62.